The van der Waals surface area contributed by atoms with E-state index in [1.807, 2.05) is 172 Å². The van der Waals surface area contributed by atoms with Crippen molar-refractivity contribution in [3.05, 3.63) is 436 Å². The van der Waals surface area contributed by atoms with E-state index < -0.39 is 41.6 Å². The molecule has 0 aliphatic carbocycles. The van der Waals surface area contributed by atoms with Gasteiger partial charge >= 0.3 is 36.0 Å². The van der Waals surface area contributed by atoms with Crippen LogP contribution < -0.4 is 4.74 Å². The molecule has 0 unspecified atom stereocenters. The van der Waals surface area contributed by atoms with Crippen LogP contribution in [0.5, 0.6) is 5.75 Å². The van der Waals surface area contributed by atoms with Crippen molar-refractivity contribution in [1.29, 1.82) is 0 Å². The molecule has 0 radical (unpaired) electrons. The maximum Gasteiger partial charge on any atom is 0.416 e. The first kappa shape index (κ1) is 95.8. The highest BCUT2D eigenvalue weighted by Crippen LogP contribution is 2.40. The predicted octanol–water partition coefficient (Wildman–Crippen LogP) is 23.6. The van der Waals surface area contributed by atoms with Gasteiger partial charge < -0.3 is 30.3 Å². The SMILES string of the molecule is COc1ccccc1-c1nn2cc(Cl)ccc2c1Cc1cccc(C(=O)O)n1.Cc1ccc(-c2nn3cc(Cl)ccc3c2Cc2cccc(C(=O)O)n2)cc1.Cc1cccc(-c2nn3cc(Cl)ccc3c2Cc2cccc(C(=O)O)n2)c1.Cc1ccccc1-c1nn2cc(Cl)ccc2c1Cc1cccc(C(=O)O)n1.O=C(O)c1cccc(Cc2c(-c3ccc(C(F)(F)F)cc3)nn3cc(Cl)ccc23)n1. The van der Waals surface area contributed by atoms with E-state index in [9.17, 15) is 62.7 Å². The van der Waals surface area contributed by atoms with E-state index in [-0.39, 0.29) is 34.9 Å². The van der Waals surface area contributed by atoms with Crippen LogP contribution in [0, 0.1) is 20.8 Å². The Balaban J connectivity index is 0.000000126. The number of aromatic nitrogens is 15. The second-order valence-electron chi connectivity index (χ2n) is 31.8. The molecule has 0 atom stereocenters. The Kier molecular flexibility index (Phi) is 28.9. The fraction of sp³-hybridized carbons (Fsp3) is 0.0952. The molecule has 20 rings (SSSR count). The Bertz CT molecular complexity index is 8110. The van der Waals surface area contributed by atoms with Gasteiger partial charge in [-0.1, -0.05) is 190 Å². The third-order valence-corrected chi connectivity index (χ3v) is 23.4. The number of para-hydroxylation sites is 1. The number of carbonyl (C=O) groups is 5. The first-order valence-electron chi connectivity index (χ1n) is 42.6. The molecule has 694 valence electrons. The molecule has 5 aromatic carbocycles. The largest absolute Gasteiger partial charge is 0.496 e. The van der Waals surface area contributed by atoms with Gasteiger partial charge in [-0.05, 0) is 178 Å². The Morgan fingerprint density at radius 2 is 0.583 bits per heavy atom. The van der Waals surface area contributed by atoms with E-state index in [1.54, 1.807) is 121 Å². The van der Waals surface area contributed by atoms with Gasteiger partial charge in [0.1, 0.15) is 39.9 Å². The lowest BCUT2D eigenvalue weighted by Gasteiger charge is -2.08. The molecule has 0 aliphatic rings. The number of hydrogen-bond acceptors (Lipinski definition) is 16. The second-order valence-corrected chi connectivity index (χ2v) is 34.0. The molecule has 5 N–H and O–H groups in total. The van der Waals surface area contributed by atoms with Crippen LogP contribution in [0.1, 0.15) is 131 Å². The maximum absolute atomic E-state index is 12.9. The van der Waals surface area contributed by atoms with E-state index in [0.29, 0.717) is 107 Å². The number of ether oxygens (including phenoxy) is 1. The number of hydrogen-bond donors (Lipinski definition) is 5. The fourth-order valence-corrected chi connectivity index (χ4v) is 16.5. The number of fused-ring (bicyclic) bond motifs is 5. The van der Waals surface area contributed by atoms with E-state index in [2.05, 4.69) is 36.1 Å². The quantitative estimate of drug-likeness (QED) is 0.0446. The van der Waals surface area contributed by atoms with Crippen molar-refractivity contribution in [3.8, 4) is 62.0 Å². The summed E-state index contributed by atoms with van der Waals surface area (Å²) in [7, 11) is 1.61. The number of rotatable bonds is 21. The summed E-state index contributed by atoms with van der Waals surface area (Å²) in [6.45, 7) is 6.11. The van der Waals surface area contributed by atoms with Crippen LogP contribution in [0.4, 0.5) is 13.2 Å². The van der Waals surface area contributed by atoms with Gasteiger partial charge in [-0.3, -0.25) is 0 Å². The molecule has 0 fully saturated rings. The summed E-state index contributed by atoms with van der Waals surface area (Å²) in [5, 5.41) is 72.2. The number of carboxylic acid groups (broad SMARTS) is 5. The minimum absolute atomic E-state index is 0.0101. The van der Waals surface area contributed by atoms with Crippen LogP contribution in [-0.2, 0) is 38.3 Å². The van der Waals surface area contributed by atoms with Crippen molar-refractivity contribution in [2.45, 2.75) is 59.1 Å². The standard InChI is InChI=1S/C21H13ClF3N3O2.C21H16ClN3O3.3C21H16ClN3O2/c22-14-8-9-18-16(10-15-2-1-3-17(26-15)20(29)30)19(27-28(18)11-14)12-4-6-13(7-5-12)21(23,24)25;1-28-19-8-3-2-6-15(19)20-16(18-10-9-13(22)12-25(18)24-20)11-14-5-4-7-17(23-14)21(26)27;1-13-4-2-5-14(10-13)20-17(19-9-8-15(22)12-25(19)24-20)11-16-6-3-7-18(23-16)21(26)27;1-13-5-2-3-7-16(13)20-17(19-10-9-14(22)12-25(19)24-20)11-15-6-4-8-18(23-15)21(26)27;1-13-5-7-14(8-6-13)20-17(19-10-9-15(22)12-25(19)24-20)11-16-3-2-4-18(23-16)21(26)27/h1-9,11H,10H2,(H,29,30);2-10,12H,11H2,1H3,(H,26,27);3*2-10,12H,11H2,1H3,(H,26,27). The van der Waals surface area contributed by atoms with Crippen molar-refractivity contribution in [2.75, 3.05) is 7.11 Å². The average molecular weight is 1960 g/mol. The van der Waals surface area contributed by atoms with Gasteiger partial charge in [-0.15, -0.1) is 0 Å². The monoisotopic (exact) mass is 1960 g/mol. The smallest absolute Gasteiger partial charge is 0.416 e. The Morgan fingerprint density at radius 1 is 0.302 bits per heavy atom. The summed E-state index contributed by atoms with van der Waals surface area (Å²) in [5.41, 5.74) is 22.8. The molecule has 0 saturated carbocycles. The number of carboxylic acids is 5. The van der Waals surface area contributed by atoms with Gasteiger partial charge in [0.15, 0.2) is 0 Å². The van der Waals surface area contributed by atoms with Crippen molar-refractivity contribution in [1.82, 2.24) is 73.0 Å². The molecule has 0 spiro atoms. The predicted molar refractivity (Wildman–Crippen MR) is 524 cm³/mol. The number of alkyl halides is 3. The van der Waals surface area contributed by atoms with Crippen LogP contribution >= 0.6 is 58.0 Å². The number of pyridine rings is 10. The molecule has 0 aliphatic heterocycles. The summed E-state index contributed by atoms with van der Waals surface area (Å²) in [4.78, 5) is 77.4. The topological polar surface area (TPSA) is 347 Å². The highest BCUT2D eigenvalue weighted by molar-refractivity contribution is 6.32. The average Bonchev–Trinajstić information content (AvgIpc) is 1.64. The molecule has 34 heteroatoms. The number of aromatic carboxylic acids is 5. The summed E-state index contributed by atoms with van der Waals surface area (Å²) in [6.07, 6.45) is 6.25. The molecule has 26 nitrogen and oxygen atoms in total. The third kappa shape index (κ3) is 22.4. The Hall–Kier alpha value is -16.3. The minimum Gasteiger partial charge on any atom is -0.496 e. The molecular weight excluding hydrogens is 1880 g/mol. The molecule has 0 amide bonds. The second kappa shape index (κ2) is 41.9. The summed E-state index contributed by atoms with van der Waals surface area (Å²) < 4.78 is 52.8. The van der Waals surface area contributed by atoms with Gasteiger partial charge in [-0.2, -0.15) is 38.7 Å². The van der Waals surface area contributed by atoms with E-state index in [1.165, 1.54) is 48.0 Å². The lowest BCUT2D eigenvalue weighted by atomic mass is 9.99. The molecule has 15 aromatic heterocycles. The normalized spacial score (nSPS) is 11.2. The zero-order valence-electron chi connectivity index (χ0n) is 73.8. The zero-order valence-corrected chi connectivity index (χ0v) is 77.6. The van der Waals surface area contributed by atoms with Crippen LogP contribution in [0.25, 0.3) is 83.9 Å². The van der Waals surface area contributed by atoms with E-state index >= 15 is 0 Å². The molecule has 0 saturated heterocycles. The van der Waals surface area contributed by atoms with E-state index in [0.717, 1.165) is 113 Å². The first-order valence-corrected chi connectivity index (χ1v) is 44.5. The lowest BCUT2D eigenvalue weighted by molar-refractivity contribution is -0.137. The van der Waals surface area contributed by atoms with Crippen LogP contribution in [-0.4, -0.2) is 135 Å². The third-order valence-electron chi connectivity index (χ3n) is 22.3. The van der Waals surface area contributed by atoms with Crippen LogP contribution in [0.2, 0.25) is 25.1 Å². The number of nitrogens with zero attached hydrogens (tertiary/aromatic N) is 15. The summed E-state index contributed by atoms with van der Waals surface area (Å²) >= 11 is 30.6. The highest BCUT2D eigenvalue weighted by Gasteiger charge is 2.31. The van der Waals surface area contributed by atoms with Crippen molar-refractivity contribution in [3.63, 3.8) is 0 Å². The zero-order chi connectivity index (χ0) is 98.0. The van der Waals surface area contributed by atoms with Gasteiger partial charge in [0.25, 0.3) is 0 Å². The number of aryl methyl sites for hydroxylation is 3. The maximum atomic E-state index is 12.9. The summed E-state index contributed by atoms with van der Waals surface area (Å²) in [5.74, 6) is -4.62. The molecule has 139 heavy (non-hydrogen) atoms. The van der Waals surface area contributed by atoms with Crippen molar-refractivity contribution < 1.29 is 67.4 Å². The molecule has 0 bridgehead atoms. The summed E-state index contributed by atoms with van der Waals surface area (Å²) in [6, 6.07) is 79.7. The number of methoxy groups -OCH3 is 1. The van der Waals surface area contributed by atoms with Gasteiger partial charge in [0, 0.05) is 147 Å². The molecular formula is C105H77Cl5F3N15O11. The Morgan fingerprint density at radius 3 is 0.892 bits per heavy atom. The van der Waals surface area contributed by atoms with E-state index in [4.69, 9.17) is 83.1 Å². The van der Waals surface area contributed by atoms with Crippen LogP contribution in [0.15, 0.2) is 304 Å². The van der Waals surface area contributed by atoms with Crippen molar-refractivity contribution in [2.24, 2.45) is 0 Å². The number of halogens is 8. The fourth-order valence-electron chi connectivity index (χ4n) is 15.8. The van der Waals surface area contributed by atoms with Gasteiger partial charge in [0.05, 0.1) is 88.1 Å². The van der Waals surface area contributed by atoms with Crippen molar-refractivity contribution >= 4 is 115 Å². The minimum atomic E-state index is -4.44. The van der Waals surface area contributed by atoms with Gasteiger partial charge in [-0.25, -0.2) is 71.5 Å². The number of benzene rings is 5. The molecule has 15 heterocycles. The first-order chi connectivity index (χ1) is 66.8. The highest BCUT2D eigenvalue weighted by atomic mass is 35.5. The Labute approximate surface area is 814 Å². The lowest BCUT2D eigenvalue weighted by Crippen LogP contribution is -2.04. The molecule has 20 aromatic rings. The van der Waals surface area contributed by atoms with Gasteiger partial charge in [0.2, 0.25) is 0 Å². The van der Waals surface area contributed by atoms with Crippen LogP contribution in [0.3, 0.4) is 0 Å².